The average Bonchev–Trinajstić information content (AvgIpc) is 3.25. The summed E-state index contributed by atoms with van der Waals surface area (Å²) < 4.78 is 43.2. The second-order valence-electron chi connectivity index (χ2n) is 14.1. The highest BCUT2D eigenvalue weighted by Crippen LogP contribution is 2.68. The Morgan fingerprint density at radius 3 is 2.20 bits per heavy atom. The summed E-state index contributed by atoms with van der Waals surface area (Å²) in [5.74, 6) is 1.48. The van der Waals surface area contributed by atoms with E-state index in [1.165, 1.54) is 13.8 Å². The van der Waals surface area contributed by atoms with E-state index < -0.39 is 10.1 Å². The molecule has 228 valence electrons. The van der Waals surface area contributed by atoms with E-state index in [0.29, 0.717) is 29.6 Å². The summed E-state index contributed by atoms with van der Waals surface area (Å²) in [5.41, 5.74) is 1.17. The molecule has 0 spiro atoms. The van der Waals surface area contributed by atoms with Gasteiger partial charge in [0.1, 0.15) is 12.2 Å². The molecule has 4 aliphatic rings. The molecule has 0 saturated heterocycles. The first-order valence-electron chi connectivity index (χ1n) is 15.5. The molecular weight excluding hydrogens is 540 g/mol. The topological polar surface area (TPSA) is 96.0 Å². The molecule has 0 aromatic heterocycles. The summed E-state index contributed by atoms with van der Waals surface area (Å²) in [6.45, 7) is 12.1. The summed E-state index contributed by atoms with van der Waals surface area (Å²) in [5, 5.41) is 0. The van der Waals surface area contributed by atoms with Crippen LogP contribution in [0.1, 0.15) is 91.5 Å². The Bertz CT molecular complexity index is 1240. The third kappa shape index (κ3) is 5.72. The first-order valence-corrected chi connectivity index (χ1v) is 17.0. The minimum absolute atomic E-state index is 0.0358. The summed E-state index contributed by atoms with van der Waals surface area (Å²) in [7, 11) is -3.81. The molecule has 8 heteroatoms. The van der Waals surface area contributed by atoms with Crippen molar-refractivity contribution in [3.63, 3.8) is 0 Å². The average molecular weight is 589 g/mol. The van der Waals surface area contributed by atoms with Crippen molar-refractivity contribution in [1.29, 1.82) is 0 Å². The zero-order valence-electron chi connectivity index (χ0n) is 25.6. The zero-order chi connectivity index (χ0) is 29.7. The number of carbonyl (C=O) groups excluding carboxylic acids is 2. The molecule has 0 N–H and O–H groups in total. The van der Waals surface area contributed by atoms with Gasteiger partial charge >= 0.3 is 11.9 Å². The molecule has 0 aliphatic heterocycles. The zero-order valence-corrected chi connectivity index (χ0v) is 26.4. The fourth-order valence-electron chi connectivity index (χ4n) is 9.90. The van der Waals surface area contributed by atoms with Crippen molar-refractivity contribution in [2.75, 3.05) is 6.61 Å². The molecule has 41 heavy (non-hydrogen) atoms. The fourth-order valence-corrected chi connectivity index (χ4v) is 10.9. The van der Waals surface area contributed by atoms with Crippen molar-refractivity contribution < 1.29 is 31.7 Å². The van der Waals surface area contributed by atoms with Crippen LogP contribution in [-0.2, 0) is 33.4 Å². The number of hydrogen-bond acceptors (Lipinski definition) is 7. The number of benzene rings is 1. The van der Waals surface area contributed by atoms with Crippen molar-refractivity contribution in [2.24, 2.45) is 46.3 Å². The lowest BCUT2D eigenvalue weighted by Gasteiger charge is -2.62. The molecule has 1 aromatic carbocycles. The van der Waals surface area contributed by atoms with E-state index >= 15 is 0 Å². The van der Waals surface area contributed by atoms with Crippen molar-refractivity contribution in [1.82, 2.24) is 0 Å². The standard InChI is InChI=1S/C33H48O7S/c1-20-7-9-26(10-8-20)41(36,37)38-19-21(2)27-11-12-28-31-29(14-16-33(27,28)6)32(5)15-13-25(39-22(3)34)17-24(32)18-30(31)40-23(4)35/h7-10,21,24-25,27-31H,11-19H2,1-6H3/t21-,24?,25-,27-,28+,29+,30-,31+,32+,33-/m1/s1. The lowest BCUT2D eigenvalue weighted by atomic mass is 9.43. The van der Waals surface area contributed by atoms with Crippen LogP contribution in [-0.4, -0.2) is 39.2 Å². The van der Waals surface area contributed by atoms with Crippen LogP contribution in [0.25, 0.3) is 0 Å². The smallest absolute Gasteiger partial charge is 0.302 e. The predicted molar refractivity (Wildman–Crippen MR) is 155 cm³/mol. The quantitative estimate of drug-likeness (QED) is 0.266. The van der Waals surface area contributed by atoms with Crippen LogP contribution < -0.4 is 0 Å². The first kappa shape index (κ1) is 30.5. The third-order valence-electron chi connectivity index (χ3n) is 11.8. The minimum atomic E-state index is -3.81. The number of aryl methyl sites for hydroxylation is 1. The highest BCUT2D eigenvalue weighted by atomic mass is 32.2. The molecule has 1 unspecified atom stereocenters. The number of ether oxygens (including phenoxy) is 2. The van der Waals surface area contributed by atoms with E-state index in [9.17, 15) is 18.0 Å². The van der Waals surface area contributed by atoms with Gasteiger partial charge in [-0.25, -0.2) is 0 Å². The normalized spacial score (nSPS) is 39.1. The summed E-state index contributed by atoms with van der Waals surface area (Å²) >= 11 is 0. The highest BCUT2D eigenvalue weighted by molar-refractivity contribution is 7.86. The highest BCUT2D eigenvalue weighted by Gasteiger charge is 2.64. The van der Waals surface area contributed by atoms with E-state index in [4.69, 9.17) is 13.7 Å². The minimum Gasteiger partial charge on any atom is -0.463 e. The molecule has 1 aromatic rings. The van der Waals surface area contributed by atoms with Crippen LogP contribution in [0.2, 0.25) is 0 Å². The molecule has 0 amide bonds. The van der Waals surface area contributed by atoms with Crippen LogP contribution in [0.5, 0.6) is 0 Å². The van der Waals surface area contributed by atoms with Gasteiger partial charge in [-0.3, -0.25) is 13.8 Å². The monoisotopic (exact) mass is 588 g/mol. The van der Waals surface area contributed by atoms with Crippen molar-refractivity contribution in [2.45, 2.75) is 110 Å². The molecular formula is C33H48O7S. The molecule has 5 rings (SSSR count). The Morgan fingerprint density at radius 2 is 1.54 bits per heavy atom. The molecule has 10 atom stereocenters. The summed E-state index contributed by atoms with van der Waals surface area (Å²) in [6, 6.07) is 6.79. The summed E-state index contributed by atoms with van der Waals surface area (Å²) in [6.07, 6.45) is 7.64. The summed E-state index contributed by atoms with van der Waals surface area (Å²) in [4.78, 5) is 24.2. The van der Waals surface area contributed by atoms with Gasteiger partial charge in [-0.1, -0.05) is 38.5 Å². The number of fused-ring (bicyclic) bond motifs is 5. The molecule has 0 radical (unpaired) electrons. The van der Waals surface area contributed by atoms with Gasteiger partial charge in [-0.2, -0.15) is 8.42 Å². The first-order chi connectivity index (χ1) is 19.2. The van der Waals surface area contributed by atoms with Gasteiger partial charge in [0.25, 0.3) is 10.1 Å². The number of esters is 2. The van der Waals surface area contributed by atoms with Gasteiger partial charge in [-0.15, -0.1) is 0 Å². The number of carbonyl (C=O) groups is 2. The van der Waals surface area contributed by atoms with E-state index in [1.54, 1.807) is 24.3 Å². The molecule has 0 heterocycles. The van der Waals surface area contributed by atoms with Crippen LogP contribution in [0.15, 0.2) is 29.2 Å². The van der Waals surface area contributed by atoms with E-state index in [-0.39, 0.29) is 52.4 Å². The second kappa shape index (κ2) is 11.3. The maximum absolute atomic E-state index is 12.9. The van der Waals surface area contributed by atoms with E-state index in [1.807, 2.05) is 6.92 Å². The van der Waals surface area contributed by atoms with Crippen molar-refractivity contribution in [3.05, 3.63) is 29.8 Å². The van der Waals surface area contributed by atoms with Crippen LogP contribution in [0.3, 0.4) is 0 Å². The van der Waals surface area contributed by atoms with Crippen LogP contribution in [0.4, 0.5) is 0 Å². The van der Waals surface area contributed by atoms with Crippen LogP contribution >= 0.6 is 0 Å². The van der Waals surface area contributed by atoms with Gasteiger partial charge in [0, 0.05) is 19.8 Å². The Labute approximate surface area is 246 Å². The van der Waals surface area contributed by atoms with Crippen LogP contribution in [0, 0.1) is 53.3 Å². The van der Waals surface area contributed by atoms with E-state index in [0.717, 1.165) is 56.9 Å². The Morgan fingerprint density at radius 1 is 0.902 bits per heavy atom. The van der Waals surface area contributed by atoms with Gasteiger partial charge in [-0.05, 0) is 111 Å². The van der Waals surface area contributed by atoms with Crippen molar-refractivity contribution >= 4 is 22.1 Å². The largest absolute Gasteiger partial charge is 0.463 e. The Kier molecular flexibility index (Phi) is 8.41. The molecule has 4 saturated carbocycles. The lowest BCUT2D eigenvalue weighted by molar-refractivity contribution is -0.197. The molecule has 0 bridgehead atoms. The molecule has 7 nitrogen and oxygen atoms in total. The van der Waals surface area contributed by atoms with Gasteiger partial charge in [0.15, 0.2) is 0 Å². The van der Waals surface area contributed by atoms with Gasteiger partial charge < -0.3 is 9.47 Å². The second-order valence-corrected chi connectivity index (χ2v) is 15.8. The third-order valence-corrected chi connectivity index (χ3v) is 13.1. The Hall–Kier alpha value is -1.93. The van der Waals surface area contributed by atoms with Gasteiger partial charge in [0.2, 0.25) is 0 Å². The maximum atomic E-state index is 12.9. The van der Waals surface area contributed by atoms with Gasteiger partial charge in [0.05, 0.1) is 11.5 Å². The number of hydrogen-bond donors (Lipinski definition) is 0. The fraction of sp³-hybridized carbons (Fsp3) is 0.758. The predicted octanol–water partition coefficient (Wildman–Crippen LogP) is 6.47. The Balaban J connectivity index is 1.34. The lowest BCUT2D eigenvalue weighted by Crippen LogP contribution is -2.59. The molecule has 4 fully saturated rings. The number of rotatable bonds is 7. The van der Waals surface area contributed by atoms with E-state index in [2.05, 4.69) is 20.8 Å². The molecule has 4 aliphatic carbocycles. The van der Waals surface area contributed by atoms with Crippen molar-refractivity contribution in [3.8, 4) is 0 Å². The maximum Gasteiger partial charge on any atom is 0.302 e. The SMILES string of the molecule is CC(=O)O[C@@H]1CC[C@@]2(C)C(C1)C[C@@H](OC(C)=O)[C@H]1[C@@H]3CC[C@H]([C@H](C)COS(=O)(=O)c4ccc(C)cc4)[C@@]3(C)CC[C@@H]12.